The molecule has 112 valence electrons. The van der Waals surface area contributed by atoms with Gasteiger partial charge in [0.25, 0.3) is 0 Å². The number of hydrogen-bond donors (Lipinski definition) is 0. The van der Waals surface area contributed by atoms with E-state index in [4.69, 9.17) is 10.5 Å². The van der Waals surface area contributed by atoms with Crippen LogP contribution in [0.2, 0.25) is 0 Å². The first-order chi connectivity index (χ1) is 10.8. The minimum absolute atomic E-state index is 0.414. The van der Waals surface area contributed by atoms with Gasteiger partial charge in [0.2, 0.25) is 5.13 Å². The van der Waals surface area contributed by atoms with Crippen LogP contribution in [0.3, 0.4) is 0 Å². The molecule has 0 atom stereocenters. The summed E-state index contributed by atoms with van der Waals surface area (Å²) in [5.41, 5.74) is 1.25. The SMILES string of the molecule is N#CCCN(CCC#N)c1nnc(SCc2ccccc2)s1. The minimum Gasteiger partial charge on any atom is -0.345 e. The number of benzene rings is 1. The molecular formula is C15H15N5S2. The van der Waals surface area contributed by atoms with Crippen molar-refractivity contribution in [2.75, 3.05) is 18.0 Å². The predicted octanol–water partition coefficient (Wildman–Crippen LogP) is 3.46. The molecule has 0 amide bonds. The Balaban J connectivity index is 1.96. The summed E-state index contributed by atoms with van der Waals surface area (Å²) in [6.07, 6.45) is 0.828. The van der Waals surface area contributed by atoms with E-state index in [1.807, 2.05) is 23.1 Å². The van der Waals surface area contributed by atoms with Gasteiger partial charge in [0.1, 0.15) is 0 Å². The first kappa shape index (κ1) is 16.3. The highest BCUT2D eigenvalue weighted by atomic mass is 32.2. The van der Waals surface area contributed by atoms with E-state index in [2.05, 4.69) is 34.5 Å². The summed E-state index contributed by atoms with van der Waals surface area (Å²) < 4.78 is 0.901. The average molecular weight is 329 g/mol. The summed E-state index contributed by atoms with van der Waals surface area (Å²) in [7, 11) is 0. The van der Waals surface area contributed by atoms with Gasteiger partial charge in [0, 0.05) is 18.8 Å². The van der Waals surface area contributed by atoms with E-state index in [-0.39, 0.29) is 0 Å². The summed E-state index contributed by atoms with van der Waals surface area (Å²) in [6, 6.07) is 14.5. The summed E-state index contributed by atoms with van der Waals surface area (Å²) in [6.45, 7) is 1.16. The van der Waals surface area contributed by atoms with Crippen molar-refractivity contribution in [2.45, 2.75) is 22.9 Å². The second-order valence-electron chi connectivity index (χ2n) is 4.43. The molecule has 0 radical (unpaired) electrons. The molecule has 1 aromatic heterocycles. The Morgan fingerprint density at radius 2 is 1.73 bits per heavy atom. The maximum absolute atomic E-state index is 8.72. The Hall–Kier alpha value is -2.09. The van der Waals surface area contributed by atoms with E-state index in [9.17, 15) is 0 Å². The predicted molar refractivity (Wildman–Crippen MR) is 88.6 cm³/mol. The van der Waals surface area contributed by atoms with Gasteiger partial charge in [0.05, 0.1) is 25.0 Å². The van der Waals surface area contributed by atoms with Gasteiger partial charge in [-0.05, 0) is 5.56 Å². The number of nitrogens with zero attached hydrogens (tertiary/aromatic N) is 5. The van der Waals surface area contributed by atoms with Crippen molar-refractivity contribution in [1.82, 2.24) is 10.2 Å². The highest BCUT2D eigenvalue weighted by molar-refractivity contribution is 8.00. The van der Waals surface area contributed by atoms with Crippen LogP contribution in [0, 0.1) is 22.7 Å². The van der Waals surface area contributed by atoms with Gasteiger partial charge in [0.15, 0.2) is 4.34 Å². The molecule has 22 heavy (non-hydrogen) atoms. The van der Waals surface area contributed by atoms with E-state index in [1.165, 1.54) is 16.9 Å². The third kappa shape index (κ3) is 5.03. The van der Waals surface area contributed by atoms with Crippen LogP contribution in [0.25, 0.3) is 0 Å². The molecule has 5 nitrogen and oxygen atoms in total. The maximum Gasteiger partial charge on any atom is 0.209 e. The first-order valence-corrected chi connectivity index (χ1v) is 8.62. The van der Waals surface area contributed by atoms with E-state index in [0.29, 0.717) is 25.9 Å². The molecule has 1 aromatic carbocycles. The zero-order valence-corrected chi connectivity index (χ0v) is 13.6. The molecule has 0 spiro atoms. The fraction of sp³-hybridized carbons (Fsp3) is 0.333. The standard InChI is InChI=1S/C15H15N5S2/c16-8-4-10-20(11-5-9-17)14-18-19-15(22-14)21-12-13-6-2-1-3-7-13/h1-3,6-7H,4-5,10-12H2. The Bertz CT molecular complexity index is 639. The zero-order chi connectivity index (χ0) is 15.6. The fourth-order valence-electron chi connectivity index (χ4n) is 1.78. The molecule has 2 aromatic rings. The summed E-state index contributed by atoms with van der Waals surface area (Å²) in [5, 5.41) is 26.6. The van der Waals surface area contributed by atoms with Crippen LogP contribution >= 0.6 is 23.1 Å². The van der Waals surface area contributed by atoms with Gasteiger partial charge in [-0.1, -0.05) is 53.4 Å². The monoisotopic (exact) mass is 329 g/mol. The second kappa shape index (κ2) is 9.04. The largest absolute Gasteiger partial charge is 0.345 e. The topological polar surface area (TPSA) is 76.6 Å². The van der Waals surface area contributed by atoms with Crippen LogP contribution in [0.4, 0.5) is 5.13 Å². The Morgan fingerprint density at radius 1 is 1.05 bits per heavy atom. The Morgan fingerprint density at radius 3 is 2.36 bits per heavy atom. The lowest BCUT2D eigenvalue weighted by molar-refractivity contribution is 0.782. The maximum atomic E-state index is 8.72. The van der Waals surface area contributed by atoms with Crippen LogP contribution in [0.1, 0.15) is 18.4 Å². The molecule has 0 bridgehead atoms. The number of nitriles is 2. The van der Waals surface area contributed by atoms with Crippen molar-refractivity contribution in [3.05, 3.63) is 35.9 Å². The third-order valence-electron chi connectivity index (χ3n) is 2.86. The van der Waals surface area contributed by atoms with Crippen LogP contribution in [0.15, 0.2) is 34.7 Å². The van der Waals surface area contributed by atoms with Gasteiger partial charge in [-0.15, -0.1) is 10.2 Å². The van der Waals surface area contributed by atoms with Crippen molar-refractivity contribution in [3.63, 3.8) is 0 Å². The number of aromatic nitrogens is 2. The first-order valence-electron chi connectivity index (χ1n) is 6.82. The molecule has 0 aliphatic carbocycles. The molecule has 0 unspecified atom stereocenters. The molecule has 0 N–H and O–H groups in total. The molecule has 2 rings (SSSR count). The van der Waals surface area contributed by atoms with Crippen molar-refractivity contribution >= 4 is 28.2 Å². The van der Waals surface area contributed by atoms with Crippen molar-refractivity contribution in [2.24, 2.45) is 0 Å². The number of anilines is 1. The van der Waals surface area contributed by atoms with Gasteiger partial charge in [-0.2, -0.15) is 10.5 Å². The zero-order valence-electron chi connectivity index (χ0n) is 12.0. The number of rotatable bonds is 8. The lowest BCUT2D eigenvalue weighted by Crippen LogP contribution is -2.25. The number of hydrogen-bond acceptors (Lipinski definition) is 7. The molecule has 0 aliphatic rings. The molecule has 0 aliphatic heterocycles. The lowest BCUT2D eigenvalue weighted by atomic mass is 10.2. The molecule has 0 saturated carbocycles. The second-order valence-corrected chi connectivity index (χ2v) is 6.61. The van der Waals surface area contributed by atoms with Crippen LogP contribution < -0.4 is 4.90 Å². The van der Waals surface area contributed by atoms with Crippen molar-refractivity contribution in [1.29, 1.82) is 10.5 Å². The minimum atomic E-state index is 0.414. The van der Waals surface area contributed by atoms with Gasteiger partial charge in [-0.25, -0.2) is 0 Å². The van der Waals surface area contributed by atoms with Crippen LogP contribution in [0.5, 0.6) is 0 Å². The quantitative estimate of drug-likeness (QED) is 0.690. The summed E-state index contributed by atoms with van der Waals surface area (Å²) >= 11 is 3.16. The lowest BCUT2D eigenvalue weighted by Gasteiger charge is -2.17. The Labute approximate surface area is 138 Å². The van der Waals surface area contributed by atoms with E-state index >= 15 is 0 Å². The van der Waals surface area contributed by atoms with Crippen LogP contribution in [-0.2, 0) is 5.75 Å². The summed E-state index contributed by atoms with van der Waals surface area (Å²) in [4.78, 5) is 1.96. The van der Waals surface area contributed by atoms with Crippen molar-refractivity contribution < 1.29 is 0 Å². The smallest absolute Gasteiger partial charge is 0.209 e. The average Bonchev–Trinajstić information content (AvgIpc) is 3.03. The normalized spacial score (nSPS) is 9.91. The Kier molecular flexibility index (Phi) is 6.69. The highest BCUT2D eigenvalue weighted by Crippen LogP contribution is 2.30. The van der Waals surface area contributed by atoms with E-state index < -0.39 is 0 Å². The highest BCUT2D eigenvalue weighted by Gasteiger charge is 2.12. The van der Waals surface area contributed by atoms with Crippen molar-refractivity contribution in [3.8, 4) is 12.1 Å². The molecule has 7 heteroatoms. The molecule has 0 saturated heterocycles. The van der Waals surface area contributed by atoms with E-state index in [1.54, 1.807) is 11.8 Å². The summed E-state index contributed by atoms with van der Waals surface area (Å²) in [5.74, 6) is 0.853. The van der Waals surface area contributed by atoms with E-state index in [0.717, 1.165) is 15.2 Å². The third-order valence-corrected chi connectivity index (χ3v) is 5.05. The number of thioether (sulfide) groups is 1. The fourth-order valence-corrected chi connectivity index (χ4v) is 3.63. The van der Waals surface area contributed by atoms with Gasteiger partial charge >= 0.3 is 0 Å². The van der Waals surface area contributed by atoms with Gasteiger partial charge < -0.3 is 4.90 Å². The van der Waals surface area contributed by atoms with Gasteiger partial charge in [-0.3, -0.25) is 0 Å². The van der Waals surface area contributed by atoms with Crippen LogP contribution in [-0.4, -0.2) is 23.3 Å². The molecule has 1 heterocycles. The molecule has 0 fully saturated rings. The molecular weight excluding hydrogens is 314 g/mol.